The maximum atomic E-state index is 3.58. The van der Waals surface area contributed by atoms with Gasteiger partial charge in [0.2, 0.25) is 0 Å². The smallest absolute Gasteiger partial charge is 0.0181 e. The van der Waals surface area contributed by atoms with E-state index in [2.05, 4.69) is 82.7 Å². The molecule has 0 spiro atoms. The zero-order chi connectivity index (χ0) is 13.5. The fourth-order valence-corrected chi connectivity index (χ4v) is 3.31. The molecule has 0 unspecified atom stereocenters. The van der Waals surface area contributed by atoms with E-state index in [-0.39, 0.29) is 0 Å². The monoisotopic (exact) mass is 320 g/mol. The Hall–Kier alpha value is -1.86. The van der Waals surface area contributed by atoms with Gasteiger partial charge in [-0.2, -0.15) is 0 Å². The average Bonchev–Trinajstić information content (AvgIpc) is 2.85. The highest BCUT2D eigenvalue weighted by atomic mass is 79.9. The molecule has 3 aromatic carbocycles. The van der Waals surface area contributed by atoms with Gasteiger partial charge in [-0.15, -0.1) is 0 Å². The Labute approximate surface area is 127 Å². The molecular weight excluding hydrogens is 308 g/mol. The summed E-state index contributed by atoms with van der Waals surface area (Å²) in [5, 5.41) is 0. The van der Waals surface area contributed by atoms with Crippen LogP contribution in [-0.2, 0) is 6.42 Å². The quantitative estimate of drug-likeness (QED) is 0.423. The van der Waals surface area contributed by atoms with Gasteiger partial charge in [-0.3, -0.25) is 0 Å². The van der Waals surface area contributed by atoms with Crippen LogP contribution in [0.4, 0.5) is 0 Å². The predicted molar refractivity (Wildman–Crippen MR) is 87.8 cm³/mol. The van der Waals surface area contributed by atoms with Gasteiger partial charge in [-0.25, -0.2) is 0 Å². The van der Waals surface area contributed by atoms with Crippen molar-refractivity contribution in [1.29, 1.82) is 0 Å². The van der Waals surface area contributed by atoms with Gasteiger partial charge in [0.1, 0.15) is 0 Å². The van der Waals surface area contributed by atoms with Crippen LogP contribution in [-0.4, -0.2) is 0 Å². The lowest BCUT2D eigenvalue weighted by molar-refractivity contribution is 1.26. The summed E-state index contributed by atoms with van der Waals surface area (Å²) in [6.07, 6.45) is 1.05. The molecule has 0 fully saturated rings. The predicted octanol–water partition coefficient (Wildman–Crippen LogP) is 5.69. The molecule has 0 aliphatic heterocycles. The van der Waals surface area contributed by atoms with Crippen LogP contribution < -0.4 is 0 Å². The van der Waals surface area contributed by atoms with Crippen LogP contribution in [0.2, 0.25) is 0 Å². The summed E-state index contributed by atoms with van der Waals surface area (Å²) in [5.41, 5.74) is 8.16. The topological polar surface area (TPSA) is 0 Å². The van der Waals surface area contributed by atoms with Gasteiger partial charge in [-0.1, -0.05) is 64.5 Å². The molecule has 0 amide bonds. The van der Waals surface area contributed by atoms with E-state index in [1.165, 1.54) is 33.4 Å². The Balaban J connectivity index is 1.89. The van der Waals surface area contributed by atoms with Crippen molar-refractivity contribution >= 4 is 15.9 Å². The molecule has 1 aliphatic carbocycles. The number of hydrogen-bond donors (Lipinski definition) is 0. The van der Waals surface area contributed by atoms with Crippen LogP contribution in [0.3, 0.4) is 0 Å². The van der Waals surface area contributed by atoms with Crippen molar-refractivity contribution in [3.63, 3.8) is 0 Å². The van der Waals surface area contributed by atoms with Crippen LogP contribution in [0, 0.1) is 0 Å². The molecule has 3 aromatic rings. The maximum Gasteiger partial charge on any atom is 0.0181 e. The molecule has 0 bridgehead atoms. The third-order valence-corrected chi connectivity index (χ3v) is 4.45. The van der Waals surface area contributed by atoms with E-state index in [0.29, 0.717) is 0 Å². The summed E-state index contributed by atoms with van der Waals surface area (Å²) < 4.78 is 1.15. The minimum absolute atomic E-state index is 1.05. The molecule has 0 aromatic heterocycles. The minimum Gasteiger partial charge on any atom is -0.0622 e. The van der Waals surface area contributed by atoms with Crippen molar-refractivity contribution in [3.8, 4) is 22.3 Å². The van der Waals surface area contributed by atoms with Gasteiger partial charge in [0.05, 0.1) is 0 Å². The van der Waals surface area contributed by atoms with Gasteiger partial charge < -0.3 is 0 Å². The average molecular weight is 321 g/mol. The Bertz CT molecular complexity index is 788. The zero-order valence-corrected chi connectivity index (χ0v) is 12.5. The van der Waals surface area contributed by atoms with Crippen LogP contribution in [0.15, 0.2) is 71.2 Å². The fraction of sp³-hybridized carbons (Fsp3) is 0.0526. The highest BCUT2D eigenvalue weighted by Gasteiger charge is 2.18. The first-order valence-electron chi connectivity index (χ1n) is 6.78. The Morgan fingerprint density at radius 1 is 0.650 bits per heavy atom. The van der Waals surface area contributed by atoms with Crippen LogP contribution in [0.5, 0.6) is 0 Å². The first kappa shape index (κ1) is 11.9. The summed E-state index contributed by atoms with van der Waals surface area (Å²) >= 11 is 3.58. The van der Waals surface area contributed by atoms with E-state index >= 15 is 0 Å². The van der Waals surface area contributed by atoms with E-state index in [1.54, 1.807) is 0 Å². The molecule has 0 radical (unpaired) electrons. The largest absolute Gasteiger partial charge is 0.0622 e. The summed E-state index contributed by atoms with van der Waals surface area (Å²) in [6, 6.07) is 24.0. The van der Waals surface area contributed by atoms with E-state index in [0.717, 1.165) is 10.9 Å². The summed E-state index contributed by atoms with van der Waals surface area (Å²) in [5.74, 6) is 0. The number of rotatable bonds is 1. The van der Waals surface area contributed by atoms with Crippen LogP contribution in [0.1, 0.15) is 11.1 Å². The third-order valence-electron chi connectivity index (χ3n) is 3.96. The van der Waals surface area contributed by atoms with Gasteiger partial charge in [0.15, 0.2) is 0 Å². The number of benzene rings is 3. The van der Waals surface area contributed by atoms with Crippen molar-refractivity contribution in [2.75, 3.05) is 0 Å². The van der Waals surface area contributed by atoms with Gasteiger partial charge in [0.25, 0.3) is 0 Å². The molecule has 1 aliphatic rings. The van der Waals surface area contributed by atoms with Crippen molar-refractivity contribution in [1.82, 2.24) is 0 Å². The minimum atomic E-state index is 1.05. The van der Waals surface area contributed by atoms with Gasteiger partial charge >= 0.3 is 0 Å². The second kappa shape index (κ2) is 4.60. The lowest BCUT2D eigenvalue weighted by Gasteiger charge is -2.06. The fourth-order valence-electron chi connectivity index (χ4n) is 2.95. The normalized spacial score (nSPS) is 12.1. The van der Waals surface area contributed by atoms with Crippen molar-refractivity contribution in [3.05, 3.63) is 82.3 Å². The molecule has 96 valence electrons. The molecule has 0 saturated heterocycles. The Kier molecular flexibility index (Phi) is 2.75. The Morgan fingerprint density at radius 3 is 2.15 bits per heavy atom. The van der Waals surface area contributed by atoms with Crippen LogP contribution in [0.25, 0.3) is 22.3 Å². The number of hydrogen-bond acceptors (Lipinski definition) is 0. The SMILES string of the molecule is Brc1ccc2c(c1)-c1cc(-c3ccccc3)ccc1C2. The maximum absolute atomic E-state index is 3.58. The molecular formula is C19H13Br. The van der Waals surface area contributed by atoms with Crippen molar-refractivity contribution in [2.24, 2.45) is 0 Å². The highest BCUT2D eigenvalue weighted by Crippen LogP contribution is 2.40. The second-order valence-corrected chi connectivity index (χ2v) is 6.13. The highest BCUT2D eigenvalue weighted by molar-refractivity contribution is 9.10. The first-order chi connectivity index (χ1) is 9.81. The van der Waals surface area contributed by atoms with Crippen molar-refractivity contribution < 1.29 is 0 Å². The summed E-state index contributed by atoms with van der Waals surface area (Å²) in [7, 11) is 0. The number of fused-ring (bicyclic) bond motifs is 3. The second-order valence-electron chi connectivity index (χ2n) is 5.22. The van der Waals surface area contributed by atoms with E-state index < -0.39 is 0 Å². The molecule has 0 saturated carbocycles. The van der Waals surface area contributed by atoms with E-state index in [1.807, 2.05) is 0 Å². The first-order valence-corrected chi connectivity index (χ1v) is 7.58. The molecule has 1 heteroatoms. The standard InChI is InChI=1S/C19H13Br/c20-17-9-8-16-10-15-7-6-14(11-18(15)19(16)12-17)13-4-2-1-3-5-13/h1-9,11-12H,10H2. The molecule has 4 rings (SSSR count). The lowest BCUT2D eigenvalue weighted by atomic mass is 9.99. The van der Waals surface area contributed by atoms with Gasteiger partial charge in [0, 0.05) is 4.47 Å². The molecule has 20 heavy (non-hydrogen) atoms. The van der Waals surface area contributed by atoms with Crippen molar-refractivity contribution in [2.45, 2.75) is 6.42 Å². The third kappa shape index (κ3) is 1.90. The summed E-state index contributed by atoms with van der Waals surface area (Å²) in [4.78, 5) is 0. The van der Waals surface area contributed by atoms with Crippen LogP contribution >= 0.6 is 15.9 Å². The Morgan fingerprint density at radius 2 is 1.35 bits per heavy atom. The zero-order valence-electron chi connectivity index (χ0n) is 10.9. The number of halogens is 1. The molecule has 0 N–H and O–H groups in total. The molecule has 0 atom stereocenters. The molecule has 0 heterocycles. The van der Waals surface area contributed by atoms with E-state index in [9.17, 15) is 0 Å². The molecule has 0 nitrogen and oxygen atoms in total. The van der Waals surface area contributed by atoms with E-state index in [4.69, 9.17) is 0 Å². The summed E-state index contributed by atoms with van der Waals surface area (Å²) in [6.45, 7) is 0. The lowest BCUT2D eigenvalue weighted by Crippen LogP contribution is -1.82. The van der Waals surface area contributed by atoms with Gasteiger partial charge in [-0.05, 0) is 58.0 Å².